The number of fused-ring (bicyclic) bond motifs is 1. The molecule has 0 spiro atoms. The molecular formula is C27H29ClFN3O5. The van der Waals surface area contributed by atoms with Crippen molar-refractivity contribution >= 4 is 46.2 Å². The fraction of sp³-hybridized carbons (Fsp3) is 0.444. The average Bonchev–Trinajstić information content (AvgIpc) is 3.56. The van der Waals surface area contributed by atoms with Gasteiger partial charge in [-0.1, -0.05) is 29.8 Å². The van der Waals surface area contributed by atoms with Crippen LogP contribution >= 0.6 is 11.6 Å². The number of likely N-dealkylation sites (tertiary alicyclic amines) is 1. The Morgan fingerprint density at radius 2 is 1.89 bits per heavy atom. The second kappa shape index (κ2) is 10.8. The lowest BCUT2D eigenvalue weighted by atomic mass is 9.87. The van der Waals surface area contributed by atoms with Crippen molar-refractivity contribution in [2.24, 2.45) is 5.92 Å². The van der Waals surface area contributed by atoms with E-state index < -0.39 is 29.8 Å². The number of nitrogens with one attached hydrogen (secondary N) is 1. The number of benzene rings is 2. The van der Waals surface area contributed by atoms with Crippen LogP contribution in [-0.2, 0) is 20.7 Å². The summed E-state index contributed by atoms with van der Waals surface area (Å²) in [7, 11) is 0. The van der Waals surface area contributed by atoms with E-state index >= 15 is 4.39 Å². The van der Waals surface area contributed by atoms with E-state index in [9.17, 15) is 14.7 Å². The third-order valence-electron chi connectivity index (χ3n) is 7.14. The van der Waals surface area contributed by atoms with E-state index in [1.165, 1.54) is 4.90 Å². The smallest absolute Gasteiger partial charge is 0.330 e. The van der Waals surface area contributed by atoms with Crippen molar-refractivity contribution in [3.8, 4) is 0 Å². The second-order valence-corrected chi connectivity index (χ2v) is 10.1. The number of Topliss-reactive ketones (excluding diaryl/α,β-unsaturated/α-hetero) is 1. The predicted molar refractivity (Wildman–Crippen MR) is 137 cm³/mol. The highest BCUT2D eigenvalue weighted by Gasteiger charge is 2.48. The van der Waals surface area contributed by atoms with Gasteiger partial charge in [-0.05, 0) is 68.4 Å². The molecule has 0 bridgehead atoms. The molecule has 2 aliphatic rings. The minimum Gasteiger partial charge on any atom is -0.481 e. The fourth-order valence-corrected chi connectivity index (χ4v) is 5.26. The van der Waals surface area contributed by atoms with Crippen molar-refractivity contribution in [2.75, 3.05) is 18.4 Å². The quantitative estimate of drug-likeness (QED) is 0.339. The highest BCUT2D eigenvalue weighted by Crippen LogP contribution is 2.35. The summed E-state index contributed by atoms with van der Waals surface area (Å²) in [6.07, 6.45) is 2.55. The van der Waals surface area contributed by atoms with Crippen molar-refractivity contribution in [2.45, 2.75) is 57.0 Å². The highest BCUT2D eigenvalue weighted by molar-refractivity contribution is 6.33. The Labute approximate surface area is 218 Å². The summed E-state index contributed by atoms with van der Waals surface area (Å²) in [6.45, 7) is 0.871. The maximum atomic E-state index is 16.4. The van der Waals surface area contributed by atoms with E-state index in [1.54, 1.807) is 30.3 Å². The number of hydrogen-bond acceptors (Lipinski definition) is 7. The molecule has 3 aromatic rings. The number of aromatic nitrogens is 1. The average molecular weight is 530 g/mol. The summed E-state index contributed by atoms with van der Waals surface area (Å²) >= 11 is 6.20. The first-order valence-corrected chi connectivity index (χ1v) is 13.0. The molecule has 2 aromatic carbocycles. The van der Waals surface area contributed by atoms with Crippen LogP contribution in [0, 0.1) is 5.92 Å². The van der Waals surface area contributed by atoms with Crippen LogP contribution in [0.25, 0.3) is 11.1 Å². The van der Waals surface area contributed by atoms with Crippen molar-refractivity contribution in [1.29, 1.82) is 0 Å². The molecule has 2 N–H and O–H groups in total. The molecular weight excluding hydrogens is 501 g/mol. The van der Waals surface area contributed by atoms with Gasteiger partial charge in [0, 0.05) is 19.5 Å². The number of ether oxygens (including phenoxy) is 1. The topological polar surface area (TPSA) is 105 Å². The largest absolute Gasteiger partial charge is 0.481 e. The lowest BCUT2D eigenvalue weighted by Crippen LogP contribution is -2.54. The molecule has 37 heavy (non-hydrogen) atoms. The lowest BCUT2D eigenvalue weighted by molar-refractivity contribution is -0.252. The van der Waals surface area contributed by atoms with Crippen LogP contribution < -0.4 is 5.32 Å². The SMILES string of the molecule is O=C(O)C1CCC(OC(F)(C(=O)Cc2ccc3nc(Nc4ccccc4Cl)oc3c2)N2CCCC2)CC1. The van der Waals surface area contributed by atoms with E-state index in [1.807, 2.05) is 12.1 Å². The van der Waals surface area contributed by atoms with Gasteiger partial charge in [-0.25, -0.2) is 4.90 Å². The molecule has 1 atom stereocenters. The first kappa shape index (κ1) is 25.6. The van der Waals surface area contributed by atoms with Crippen LogP contribution in [0.3, 0.4) is 0 Å². The summed E-state index contributed by atoms with van der Waals surface area (Å²) in [6, 6.07) is 12.6. The number of ketones is 1. The number of carboxylic acid groups (broad SMARTS) is 1. The fourth-order valence-electron chi connectivity index (χ4n) is 5.07. The number of hydrogen-bond donors (Lipinski definition) is 2. The van der Waals surface area contributed by atoms with E-state index in [2.05, 4.69) is 10.3 Å². The van der Waals surface area contributed by atoms with Crippen LogP contribution in [-0.4, -0.2) is 51.9 Å². The van der Waals surface area contributed by atoms with Crippen LogP contribution in [0.2, 0.25) is 5.02 Å². The number of nitrogens with zero attached hydrogens (tertiary/aromatic N) is 2. The van der Waals surface area contributed by atoms with Gasteiger partial charge in [0.2, 0.25) is 5.78 Å². The van der Waals surface area contributed by atoms with E-state index in [0.717, 1.165) is 12.8 Å². The Bertz CT molecular complexity index is 1290. The van der Waals surface area contributed by atoms with Gasteiger partial charge in [0.1, 0.15) is 5.52 Å². The standard InChI is InChI=1S/C27H29ClFN3O5/c28-20-5-1-2-6-21(20)30-26-31-22-12-7-17(15-23(22)36-26)16-24(33)27(29,32-13-3-4-14-32)37-19-10-8-18(9-11-19)25(34)35/h1-2,5-7,12,15,18-19H,3-4,8-11,13-14,16H2,(H,30,31)(H,34,35). The molecule has 1 unspecified atom stereocenters. The van der Waals surface area contributed by atoms with Crippen molar-refractivity contribution in [1.82, 2.24) is 9.88 Å². The maximum Gasteiger partial charge on any atom is 0.330 e. The van der Waals surface area contributed by atoms with Gasteiger partial charge in [0.05, 0.1) is 22.7 Å². The molecule has 1 saturated heterocycles. The number of aliphatic carboxylic acids is 1. The Kier molecular flexibility index (Phi) is 7.46. The van der Waals surface area contributed by atoms with Gasteiger partial charge in [-0.3, -0.25) is 9.59 Å². The van der Waals surface area contributed by atoms with E-state index in [0.29, 0.717) is 66.1 Å². The van der Waals surface area contributed by atoms with Gasteiger partial charge in [-0.15, -0.1) is 0 Å². The third kappa shape index (κ3) is 5.63. The van der Waals surface area contributed by atoms with Gasteiger partial charge >= 0.3 is 11.9 Å². The molecule has 1 aliphatic carbocycles. The molecule has 2 heterocycles. The van der Waals surface area contributed by atoms with Crippen molar-refractivity contribution < 1.29 is 28.2 Å². The summed E-state index contributed by atoms with van der Waals surface area (Å²) in [5.74, 6) is -4.51. The number of para-hydroxylation sites is 1. The summed E-state index contributed by atoms with van der Waals surface area (Å²) in [4.78, 5) is 30.5. The molecule has 1 saturated carbocycles. The number of oxazole rings is 1. The van der Waals surface area contributed by atoms with E-state index in [4.69, 9.17) is 20.8 Å². The molecule has 0 radical (unpaired) electrons. The van der Waals surface area contributed by atoms with Gasteiger partial charge in [0.15, 0.2) is 5.58 Å². The highest BCUT2D eigenvalue weighted by atomic mass is 35.5. The lowest BCUT2D eigenvalue weighted by Gasteiger charge is -2.37. The predicted octanol–water partition coefficient (Wildman–Crippen LogP) is 5.72. The zero-order chi connectivity index (χ0) is 26.0. The Balaban J connectivity index is 1.31. The van der Waals surface area contributed by atoms with Crippen LogP contribution in [0.15, 0.2) is 46.9 Å². The molecule has 1 aromatic heterocycles. The zero-order valence-corrected chi connectivity index (χ0v) is 21.0. The number of anilines is 2. The summed E-state index contributed by atoms with van der Waals surface area (Å²) in [5, 5.41) is 12.8. The molecule has 2 fully saturated rings. The number of carbonyl (C=O) groups excluding carboxylic acids is 1. The normalized spacial score (nSPS) is 22.1. The number of carboxylic acids is 1. The summed E-state index contributed by atoms with van der Waals surface area (Å²) < 4.78 is 28.1. The number of carbonyl (C=O) groups is 2. The molecule has 0 amide bonds. The molecule has 10 heteroatoms. The second-order valence-electron chi connectivity index (χ2n) is 9.71. The molecule has 1 aliphatic heterocycles. The Morgan fingerprint density at radius 1 is 1.16 bits per heavy atom. The number of rotatable bonds is 9. The monoisotopic (exact) mass is 529 g/mol. The minimum absolute atomic E-state index is 0.179. The van der Waals surface area contributed by atoms with Gasteiger partial charge in [-0.2, -0.15) is 9.37 Å². The molecule has 196 valence electrons. The maximum absolute atomic E-state index is 16.4. The first-order valence-electron chi connectivity index (χ1n) is 12.6. The molecule has 5 rings (SSSR count). The van der Waals surface area contributed by atoms with Gasteiger partial charge < -0.3 is 19.6 Å². The van der Waals surface area contributed by atoms with Crippen molar-refractivity contribution in [3.63, 3.8) is 0 Å². The van der Waals surface area contributed by atoms with E-state index in [-0.39, 0.29) is 12.4 Å². The van der Waals surface area contributed by atoms with Crippen LogP contribution in [0.1, 0.15) is 44.1 Å². The van der Waals surface area contributed by atoms with Crippen molar-refractivity contribution in [3.05, 3.63) is 53.1 Å². The number of alkyl halides is 1. The zero-order valence-electron chi connectivity index (χ0n) is 20.3. The van der Waals surface area contributed by atoms with Crippen LogP contribution in [0.4, 0.5) is 16.1 Å². The minimum atomic E-state index is -2.55. The third-order valence-corrected chi connectivity index (χ3v) is 7.47. The summed E-state index contributed by atoms with van der Waals surface area (Å²) in [5.41, 5.74) is 2.27. The number of halogens is 2. The first-order chi connectivity index (χ1) is 17.8. The van der Waals surface area contributed by atoms with Crippen LogP contribution in [0.5, 0.6) is 0 Å². The Morgan fingerprint density at radius 3 is 2.59 bits per heavy atom. The van der Waals surface area contributed by atoms with Gasteiger partial charge in [0.25, 0.3) is 6.01 Å². The Hall–Kier alpha value is -3.01. The molecule has 8 nitrogen and oxygen atoms in total.